The number of aliphatic hydroxyl groups excluding tert-OH is 1. The Hall–Kier alpha value is -2.42. The van der Waals surface area contributed by atoms with Gasteiger partial charge in [-0.1, -0.05) is 12.1 Å². The molecule has 1 fully saturated rings. The van der Waals surface area contributed by atoms with E-state index in [-0.39, 0.29) is 11.7 Å². The monoisotopic (exact) mass is 355 g/mol. The quantitative estimate of drug-likeness (QED) is 0.829. The zero-order valence-electron chi connectivity index (χ0n) is 13.1. The number of fused-ring (bicyclic) bond motifs is 1. The Morgan fingerprint density at radius 1 is 1.32 bits per heavy atom. The van der Waals surface area contributed by atoms with Crippen molar-refractivity contribution in [3.63, 3.8) is 0 Å². The van der Waals surface area contributed by atoms with E-state index in [1.165, 1.54) is 0 Å². The SMILES string of the molecule is O=C(NC[C@H](O)C(F)(F)F)c1nc(OCC2CC2)c2ccccc2n1. The van der Waals surface area contributed by atoms with E-state index in [9.17, 15) is 18.0 Å². The number of hydrogen-bond acceptors (Lipinski definition) is 5. The molecule has 25 heavy (non-hydrogen) atoms. The number of para-hydroxylation sites is 1. The van der Waals surface area contributed by atoms with Crippen molar-refractivity contribution < 1.29 is 27.8 Å². The van der Waals surface area contributed by atoms with Crippen LogP contribution in [-0.4, -0.2) is 46.4 Å². The smallest absolute Gasteiger partial charge is 0.416 e. The van der Waals surface area contributed by atoms with Crippen molar-refractivity contribution in [2.45, 2.75) is 25.1 Å². The molecule has 1 aromatic carbocycles. The maximum absolute atomic E-state index is 12.3. The molecule has 2 aromatic rings. The summed E-state index contributed by atoms with van der Waals surface area (Å²) < 4.78 is 42.6. The molecule has 1 aliphatic carbocycles. The highest BCUT2D eigenvalue weighted by atomic mass is 19.4. The maximum atomic E-state index is 12.3. The first-order valence-electron chi connectivity index (χ1n) is 7.77. The van der Waals surface area contributed by atoms with Crippen LogP contribution in [0, 0.1) is 5.92 Å². The van der Waals surface area contributed by atoms with Gasteiger partial charge in [0.25, 0.3) is 5.91 Å². The molecule has 2 N–H and O–H groups in total. The van der Waals surface area contributed by atoms with Crippen molar-refractivity contribution in [2.24, 2.45) is 5.92 Å². The molecule has 134 valence electrons. The second-order valence-electron chi connectivity index (χ2n) is 5.89. The average molecular weight is 355 g/mol. The highest BCUT2D eigenvalue weighted by Gasteiger charge is 2.38. The van der Waals surface area contributed by atoms with Crippen LogP contribution in [0.5, 0.6) is 5.88 Å². The number of rotatable bonds is 6. The van der Waals surface area contributed by atoms with Gasteiger partial charge in [-0.2, -0.15) is 18.2 Å². The van der Waals surface area contributed by atoms with Gasteiger partial charge in [-0.3, -0.25) is 4.79 Å². The van der Waals surface area contributed by atoms with E-state index >= 15 is 0 Å². The summed E-state index contributed by atoms with van der Waals surface area (Å²) >= 11 is 0. The van der Waals surface area contributed by atoms with Gasteiger partial charge >= 0.3 is 6.18 Å². The van der Waals surface area contributed by atoms with Crippen molar-refractivity contribution in [3.8, 4) is 5.88 Å². The minimum atomic E-state index is -4.81. The van der Waals surface area contributed by atoms with Crippen molar-refractivity contribution in [1.82, 2.24) is 15.3 Å². The Morgan fingerprint density at radius 2 is 2.04 bits per heavy atom. The topological polar surface area (TPSA) is 84.3 Å². The number of halogens is 3. The number of amides is 1. The molecule has 1 saturated carbocycles. The lowest BCUT2D eigenvalue weighted by atomic mass is 10.2. The summed E-state index contributed by atoms with van der Waals surface area (Å²) in [4.78, 5) is 20.1. The van der Waals surface area contributed by atoms with E-state index in [0.717, 1.165) is 12.8 Å². The molecule has 0 radical (unpaired) electrons. The lowest BCUT2D eigenvalue weighted by molar-refractivity contribution is -0.201. The molecule has 1 aromatic heterocycles. The van der Waals surface area contributed by atoms with Gasteiger partial charge in [0.05, 0.1) is 24.1 Å². The van der Waals surface area contributed by atoms with E-state index in [2.05, 4.69) is 9.97 Å². The maximum Gasteiger partial charge on any atom is 0.416 e. The van der Waals surface area contributed by atoms with Crippen LogP contribution in [0.15, 0.2) is 24.3 Å². The fraction of sp³-hybridized carbons (Fsp3) is 0.438. The summed E-state index contributed by atoms with van der Waals surface area (Å²) in [6, 6.07) is 6.89. The van der Waals surface area contributed by atoms with E-state index in [0.29, 0.717) is 23.4 Å². The molecule has 3 rings (SSSR count). The molecule has 0 saturated heterocycles. The van der Waals surface area contributed by atoms with Crippen molar-refractivity contribution in [1.29, 1.82) is 0 Å². The zero-order valence-corrected chi connectivity index (χ0v) is 13.1. The minimum Gasteiger partial charge on any atom is -0.477 e. The van der Waals surface area contributed by atoms with E-state index in [1.54, 1.807) is 24.3 Å². The van der Waals surface area contributed by atoms with Gasteiger partial charge < -0.3 is 15.2 Å². The van der Waals surface area contributed by atoms with Crippen LogP contribution in [0.4, 0.5) is 13.2 Å². The fourth-order valence-electron chi connectivity index (χ4n) is 2.12. The number of aromatic nitrogens is 2. The van der Waals surface area contributed by atoms with Crippen molar-refractivity contribution >= 4 is 16.8 Å². The molecule has 1 amide bonds. The standard InChI is InChI=1S/C16H16F3N3O3/c17-16(18,19)12(23)7-20-14(24)13-21-11-4-2-1-3-10(11)15(22-13)25-8-9-5-6-9/h1-4,9,12,23H,5-8H2,(H,20,24)/t12-/m0/s1. The van der Waals surface area contributed by atoms with Crippen LogP contribution in [0.1, 0.15) is 23.5 Å². The molecular weight excluding hydrogens is 339 g/mol. The highest BCUT2D eigenvalue weighted by Crippen LogP contribution is 2.30. The Balaban J connectivity index is 1.79. The fourth-order valence-corrected chi connectivity index (χ4v) is 2.12. The van der Waals surface area contributed by atoms with Gasteiger partial charge in [0.15, 0.2) is 6.10 Å². The number of nitrogens with zero attached hydrogens (tertiary/aromatic N) is 2. The normalized spacial score (nSPS) is 15.8. The summed E-state index contributed by atoms with van der Waals surface area (Å²) in [7, 11) is 0. The van der Waals surface area contributed by atoms with Crippen LogP contribution in [0.3, 0.4) is 0 Å². The van der Waals surface area contributed by atoms with Crippen molar-refractivity contribution in [3.05, 3.63) is 30.1 Å². The summed E-state index contributed by atoms with van der Waals surface area (Å²) in [5.41, 5.74) is 0.449. The molecular formula is C16H16F3N3O3. The molecule has 9 heteroatoms. The average Bonchev–Trinajstić information content (AvgIpc) is 3.40. The Labute approximate surface area is 141 Å². The number of carbonyl (C=O) groups excluding carboxylic acids is 1. The lowest BCUT2D eigenvalue weighted by Gasteiger charge is -2.15. The third-order valence-electron chi connectivity index (χ3n) is 3.76. The van der Waals surface area contributed by atoms with Crippen LogP contribution < -0.4 is 10.1 Å². The number of aliphatic hydroxyl groups is 1. The Morgan fingerprint density at radius 3 is 2.72 bits per heavy atom. The van der Waals surface area contributed by atoms with Gasteiger partial charge in [-0.05, 0) is 30.9 Å². The van der Waals surface area contributed by atoms with E-state index in [4.69, 9.17) is 9.84 Å². The third kappa shape index (κ3) is 4.36. The summed E-state index contributed by atoms with van der Waals surface area (Å²) in [6.07, 6.45) is -5.31. The second-order valence-corrected chi connectivity index (χ2v) is 5.89. The molecule has 0 aliphatic heterocycles. The summed E-state index contributed by atoms with van der Waals surface area (Å²) in [6.45, 7) is -0.508. The van der Waals surface area contributed by atoms with Crippen LogP contribution in [-0.2, 0) is 0 Å². The Bertz CT molecular complexity index is 778. The van der Waals surface area contributed by atoms with Crippen LogP contribution in [0.25, 0.3) is 10.9 Å². The predicted molar refractivity (Wildman–Crippen MR) is 82.2 cm³/mol. The first kappa shape index (κ1) is 17.4. The number of alkyl halides is 3. The molecule has 1 heterocycles. The number of benzene rings is 1. The number of nitrogens with one attached hydrogen (secondary N) is 1. The minimum absolute atomic E-state index is 0.221. The molecule has 1 atom stereocenters. The number of ether oxygens (including phenoxy) is 1. The van der Waals surface area contributed by atoms with Gasteiger partial charge in [0.2, 0.25) is 11.7 Å². The van der Waals surface area contributed by atoms with E-state index in [1.807, 2.05) is 5.32 Å². The van der Waals surface area contributed by atoms with E-state index < -0.39 is 24.7 Å². The molecule has 6 nitrogen and oxygen atoms in total. The van der Waals surface area contributed by atoms with Crippen LogP contribution in [0.2, 0.25) is 0 Å². The predicted octanol–water partition coefficient (Wildman–Crippen LogP) is 2.07. The van der Waals surface area contributed by atoms with Crippen LogP contribution >= 0.6 is 0 Å². The van der Waals surface area contributed by atoms with Gasteiger partial charge in [-0.15, -0.1) is 0 Å². The van der Waals surface area contributed by atoms with Gasteiger partial charge in [-0.25, -0.2) is 4.98 Å². The summed E-state index contributed by atoms with van der Waals surface area (Å²) in [5, 5.41) is 11.6. The molecule has 0 bridgehead atoms. The number of hydrogen-bond donors (Lipinski definition) is 2. The Kier molecular flexibility index (Phi) is 4.76. The number of carbonyl (C=O) groups is 1. The van der Waals surface area contributed by atoms with Crippen molar-refractivity contribution in [2.75, 3.05) is 13.2 Å². The summed E-state index contributed by atoms with van der Waals surface area (Å²) in [5.74, 6) is -0.531. The third-order valence-corrected chi connectivity index (χ3v) is 3.76. The first-order chi connectivity index (χ1) is 11.8. The van der Waals surface area contributed by atoms with Gasteiger partial charge in [0, 0.05) is 0 Å². The lowest BCUT2D eigenvalue weighted by Crippen LogP contribution is -2.41. The molecule has 1 aliphatic rings. The molecule has 0 spiro atoms. The largest absolute Gasteiger partial charge is 0.477 e. The molecule has 0 unspecified atom stereocenters. The first-order valence-corrected chi connectivity index (χ1v) is 7.77. The second kappa shape index (κ2) is 6.83. The highest BCUT2D eigenvalue weighted by molar-refractivity contribution is 5.94. The van der Waals surface area contributed by atoms with Gasteiger partial charge in [0.1, 0.15) is 0 Å². The zero-order chi connectivity index (χ0) is 18.0.